The third kappa shape index (κ3) is 5.84. The summed E-state index contributed by atoms with van der Waals surface area (Å²) in [5.74, 6) is 0.731. The lowest BCUT2D eigenvalue weighted by Gasteiger charge is -2.17. The molecule has 2 aromatic rings. The molecule has 6 nitrogen and oxygen atoms in total. The fourth-order valence-corrected chi connectivity index (χ4v) is 2.07. The average Bonchev–Trinajstić information content (AvgIpc) is 2.62. The van der Waals surface area contributed by atoms with E-state index in [1.165, 1.54) is 4.90 Å². The molecule has 0 saturated carbocycles. The maximum Gasteiger partial charge on any atom is 0.260 e. The summed E-state index contributed by atoms with van der Waals surface area (Å²) < 4.78 is 10.5. The first kappa shape index (κ1) is 18.3. The van der Waals surface area contributed by atoms with Crippen LogP contribution in [0, 0.1) is 6.92 Å². The van der Waals surface area contributed by atoms with Crippen LogP contribution in [0.3, 0.4) is 0 Å². The monoisotopic (exact) mass is 342 g/mol. The minimum Gasteiger partial charge on any atom is -0.497 e. The number of likely N-dealkylation sites (N-methyl/N-ethyl adjacent to an activating group) is 1. The number of nitrogens with one attached hydrogen (secondary N) is 1. The number of rotatable bonds is 7. The lowest BCUT2D eigenvalue weighted by Crippen LogP contribution is -2.37. The van der Waals surface area contributed by atoms with Gasteiger partial charge in [0.1, 0.15) is 11.5 Å². The lowest BCUT2D eigenvalue weighted by atomic mass is 10.2. The molecule has 0 spiro atoms. The number of nitrogens with zero attached hydrogens (tertiary/aromatic N) is 1. The minimum absolute atomic E-state index is 0.0430. The number of methoxy groups -OCH3 is 1. The van der Waals surface area contributed by atoms with Gasteiger partial charge in [0.05, 0.1) is 13.7 Å². The summed E-state index contributed by atoms with van der Waals surface area (Å²) in [7, 11) is 3.14. The van der Waals surface area contributed by atoms with E-state index in [2.05, 4.69) is 5.32 Å². The molecule has 2 amide bonds. The first-order valence-electron chi connectivity index (χ1n) is 7.85. The SMILES string of the molecule is COc1ccc(OCC(=O)N(C)CC(=O)Nc2ccc(C)cc2)cc1. The van der Waals surface area contributed by atoms with Crippen LogP contribution in [0.1, 0.15) is 5.56 Å². The molecule has 0 fully saturated rings. The van der Waals surface area contributed by atoms with E-state index in [4.69, 9.17) is 9.47 Å². The van der Waals surface area contributed by atoms with Crippen LogP contribution < -0.4 is 14.8 Å². The van der Waals surface area contributed by atoms with Crippen molar-refractivity contribution in [1.29, 1.82) is 0 Å². The van der Waals surface area contributed by atoms with Gasteiger partial charge in [-0.05, 0) is 43.3 Å². The Balaban J connectivity index is 1.78. The number of carbonyl (C=O) groups is 2. The number of ether oxygens (including phenoxy) is 2. The van der Waals surface area contributed by atoms with Crippen molar-refractivity contribution in [3.63, 3.8) is 0 Å². The van der Waals surface area contributed by atoms with E-state index >= 15 is 0 Å². The highest BCUT2D eigenvalue weighted by Crippen LogP contribution is 2.17. The normalized spacial score (nSPS) is 10.0. The van der Waals surface area contributed by atoms with Gasteiger partial charge in [-0.3, -0.25) is 9.59 Å². The van der Waals surface area contributed by atoms with Gasteiger partial charge in [-0.25, -0.2) is 0 Å². The van der Waals surface area contributed by atoms with Crippen molar-refractivity contribution < 1.29 is 19.1 Å². The Morgan fingerprint density at radius 1 is 1.00 bits per heavy atom. The zero-order valence-electron chi connectivity index (χ0n) is 14.6. The molecule has 0 aliphatic heterocycles. The highest BCUT2D eigenvalue weighted by molar-refractivity contribution is 5.94. The fraction of sp³-hybridized carbons (Fsp3) is 0.263. The van der Waals surface area contributed by atoms with E-state index in [1.54, 1.807) is 38.4 Å². The lowest BCUT2D eigenvalue weighted by molar-refractivity contribution is -0.135. The summed E-state index contributed by atoms with van der Waals surface area (Å²) in [6.07, 6.45) is 0. The molecule has 2 rings (SSSR count). The molecule has 0 atom stereocenters. The van der Waals surface area contributed by atoms with E-state index in [0.717, 1.165) is 5.56 Å². The number of carbonyl (C=O) groups excluding carboxylic acids is 2. The van der Waals surface area contributed by atoms with E-state index in [1.807, 2.05) is 31.2 Å². The molecule has 2 aromatic carbocycles. The van der Waals surface area contributed by atoms with Crippen molar-refractivity contribution in [2.45, 2.75) is 6.92 Å². The summed E-state index contributed by atoms with van der Waals surface area (Å²) in [4.78, 5) is 25.4. The van der Waals surface area contributed by atoms with Crippen LogP contribution in [0.5, 0.6) is 11.5 Å². The summed E-state index contributed by atoms with van der Waals surface area (Å²) in [6.45, 7) is 1.79. The van der Waals surface area contributed by atoms with Crippen LogP contribution in [0.2, 0.25) is 0 Å². The molecule has 0 saturated heterocycles. The van der Waals surface area contributed by atoms with Gasteiger partial charge < -0.3 is 19.7 Å². The van der Waals surface area contributed by atoms with Crippen molar-refractivity contribution >= 4 is 17.5 Å². The Hall–Kier alpha value is -3.02. The molecule has 0 aromatic heterocycles. The number of aryl methyl sites for hydroxylation is 1. The molecule has 132 valence electrons. The van der Waals surface area contributed by atoms with Gasteiger partial charge in [0, 0.05) is 12.7 Å². The van der Waals surface area contributed by atoms with Crippen molar-refractivity contribution in [3.05, 3.63) is 54.1 Å². The Morgan fingerprint density at radius 2 is 1.60 bits per heavy atom. The number of hydrogen-bond acceptors (Lipinski definition) is 4. The molecule has 0 unspecified atom stereocenters. The topological polar surface area (TPSA) is 67.9 Å². The molecule has 0 aliphatic carbocycles. The molecule has 1 N–H and O–H groups in total. The van der Waals surface area contributed by atoms with Crippen LogP contribution in [0.4, 0.5) is 5.69 Å². The Bertz CT molecular complexity index is 711. The molecule has 0 radical (unpaired) electrons. The summed E-state index contributed by atoms with van der Waals surface area (Å²) in [5.41, 5.74) is 1.81. The highest BCUT2D eigenvalue weighted by atomic mass is 16.5. The number of benzene rings is 2. The van der Waals surface area contributed by atoms with Crippen LogP contribution in [0.15, 0.2) is 48.5 Å². The molecule has 0 aliphatic rings. The van der Waals surface area contributed by atoms with Gasteiger partial charge in [0.25, 0.3) is 5.91 Å². The molecule has 0 heterocycles. The Kier molecular flexibility index (Phi) is 6.39. The van der Waals surface area contributed by atoms with Crippen LogP contribution in [-0.2, 0) is 9.59 Å². The van der Waals surface area contributed by atoms with Gasteiger partial charge in [-0.1, -0.05) is 17.7 Å². The van der Waals surface area contributed by atoms with E-state index < -0.39 is 0 Å². The number of hydrogen-bond donors (Lipinski definition) is 1. The third-order valence-electron chi connectivity index (χ3n) is 3.56. The number of anilines is 1. The third-order valence-corrected chi connectivity index (χ3v) is 3.56. The van der Waals surface area contributed by atoms with Gasteiger partial charge in [-0.2, -0.15) is 0 Å². The molecular formula is C19H22N2O4. The van der Waals surface area contributed by atoms with Crippen molar-refractivity contribution in [2.24, 2.45) is 0 Å². The van der Waals surface area contributed by atoms with Crippen molar-refractivity contribution in [2.75, 3.05) is 32.6 Å². The first-order valence-corrected chi connectivity index (χ1v) is 7.85. The maximum absolute atomic E-state index is 12.1. The second-order valence-corrected chi connectivity index (χ2v) is 5.63. The standard InChI is InChI=1S/C19H22N2O4/c1-14-4-6-15(7-5-14)20-18(22)12-21(2)19(23)13-25-17-10-8-16(24-3)9-11-17/h4-11H,12-13H2,1-3H3,(H,20,22). The van der Waals surface area contributed by atoms with Crippen LogP contribution in [-0.4, -0.2) is 44.0 Å². The highest BCUT2D eigenvalue weighted by Gasteiger charge is 2.14. The summed E-state index contributed by atoms with van der Waals surface area (Å²) >= 11 is 0. The Labute approximate surface area is 147 Å². The summed E-state index contributed by atoms with van der Waals surface area (Å²) in [6, 6.07) is 14.4. The van der Waals surface area contributed by atoms with Gasteiger partial charge in [0.2, 0.25) is 5.91 Å². The predicted molar refractivity (Wildman–Crippen MR) is 95.9 cm³/mol. The van der Waals surface area contributed by atoms with E-state index in [9.17, 15) is 9.59 Å². The average molecular weight is 342 g/mol. The van der Waals surface area contributed by atoms with Gasteiger partial charge >= 0.3 is 0 Å². The van der Waals surface area contributed by atoms with Crippen LogP contribution in [0.25, 0.3) is 0 Å². The van der Waals surface area contributed by atoms with Crippen molar-refractivity contribution in [3.8, 4) is 11.5 Å². The van der Waals surface area contributed by atoms with E-state index in [-0.39, 0.29) is 25.0 Å². The molecule has 25 heavy (non-hydrogen) atoms. The second-order valence-electron chi connectivity index (χ2n) is 5.63. The van der Waals surface area contributed by atoms with E-state index in [0.29, 0.717) is 17.2 Å². The van der Waals surface area contributed by atoms with Gasteiger partial charge in [0.15, 0.2) is 6.61 Å². The molecule has 0 bridgehead atoms. The number of amides is 2. The van der Waals surface area contributed by atoms with Crippen LogP contribution >= 0.6 is 0 Å². The quantitative estimate of drug-likeness (QED) is 0.839. The summed E-state index contributed by atoms with van der Waals surface area (Å²) in [5, 5.41) is 2.75. The second kappa shape index (κ2) is 8.73. The largest absolute Gasteiger partial charge is 0.497 e. The smallest absolute Gasteiger partial charge is 0.260 e. The zero-order valence-corrected chi connectivity index (χ0v) is 14.6. The fourth-order valence-electron chi connectivity index (χ4n) is 2.07. The minimum atomic E-state index is -0.283. The zero-order chi connectivity index (χ0) is 18.2. The molecule has 6 heteroatoms. The molecular weight excluding hydrogens is 320 g/mol. The Morgan fingerprint density at radius 3 is 2.20 bits per heavy atom. The van der Waals surface area contributed by atoms with Gasteiger partial charge in [-0.15, -0.1) is 0 Å². The maximum atomic E-state index is 12.1. The van der Waals surface area contributed by atoms with Crippen molar-refractivity contribution in [1.82, 2.24) is 4.90 Å². The first-order chi connectivity index (χ1) is 12.0. The predicted octanol–water partition coefficient (Wildman–Crippen LogP) is 2.48.